The third kappa shape index (κ3) is 4.45. The molecule has 0 spiro atoms. The largest absolute Gasteiger partial charge is 0.462 e. The molecule has 4 nitrogen and oxygen atoms in total. The van der Waals surface area contributed by atoms with E-state index in [1.54, 1.807) is 17.7 Å². The van der Waals surface area contributed by atoms with E-state index in [1.165, 1.54) is 12.1 Å². The molecule has 0 bridgehead atoms. The molecule has 0 unspecified atom stereocenters. The van der Waals surface area contributed by atoms with Gasteiger partial charge in [-0.05, 0) is 61.4 Å². The van der Waals surface area contributed by atoms with Crippen molar-refractivity contribution in [2.45, 2.75) is 20.3 Å². The number of carbonyl (C=O) groups excluding carboxylic acids is 1. The first-order valence-corrected chi connectivity index (χ1v) is 9.42. The molecule has 0 amide bonds. The Kier molecular flexibility index (Phi) is 5.75. The first-order valence-electron chi connectivity index (χ1n) is 8.63. The SMILES string of the molecule is CCOC(=O)c1ccc(-c2cc(Cc3cc(F)cc(Br)c3)nn2C)cc1C. The Morgan fingerprint density at radius 3 is 2.67 bits per heavy atom. The molecule has 27 heavy (non-hydrogen) atoms. The molecule has 0 saturated heterocycles. The summed E-state index contributed by atoms with van der Waals surface area (Å²) in [6.07, 6.45) is 0.532. The van der Waals surface area contributed by atoms with Gasteiger partial charge in [0, 0.05) is 23.5 Å². The van der Waals surface area contributed by atoms with E-state index in [4.69, 9.17) is 4.74 Å². The number of halogens is 2. The molecule has 0 aliphatic heterocycles. The highest BCUT2D eigenvalue weighted by molar-refractivity contribution is 9.10. The molecule has 0 aliphatic rings. The average Bonchev–Trinajstić information content (AvgIpc) is 2.94. The number of hydrogen-bond donors (Lipinski definition) is 0. The van der Waals surface area contributed by atoms with Gasteiger partial charge in [-0.25, -0.2) is 9.18 Å². The van der Waals surface area contributed by atoms with Gasteiger partial charge in [-0.1, -0.05) is 22.0 Å². The van der Waals surface area contributed by atoms with E-state index in [9.17, 15) is 9.18 Å². The first kappa shape index (κ1) is 19.3. The van der Waals surface area contributed by atoms with Gasteiger partial charge in [-0.2, -0.15) is 5.10 Å². The van der Waals surface area contributed by atoms with Gasteiger partial charge >= 0.3 is 5.97 Å². The molecule has 3 aromatic rings. The maximum atomic E-state index is 13.6. The fourth-order valence-electron chi connectivity index (χ4n) is 3.07. The van der Waals surface area contributed by atoms with Crippen molar-refractivity contribution in [2.75, 3.05) is 6.61 Å². The predicted octanol–water partition coefficient (Wildman–Crippen LogP) is 5.06. The molecule has 1 aromatic heterocycles. The highest BCUT2D eigenvalue weighted by Gasteiger charge is 2.14. The molecule has 1 heterocycles. The van der Waals surface area contributed by atoms with Crippen molar-refractivity contribution in [2.24, 2.45) is 7.05 Å². The third-order valence-corrected chi connectivity index (χ3v) is 4.71. The lowest BCUT2D eigenvalue weighted by atomic mass is 10.0. The van der Waals surface area contributed by atoms with Gasteiger partial charge in [0.1, 0.15) is 5.82 Å². The predicted molar refractivity (Wildman–Crippen MR) is 106 cm³/mol. The number of aryl methyl sites for hydroxylation is 2. The lowest BCUT2D eigenvalue weighted by molar-refractivity contribution is 0.0525. The molecule has 0 aliphatic carbocycles. The van der Waals surface area contributed by atoms with Crippen molar-refractivity contribution in [3.8, 4) is 11.3 Å². The molecule has 0 fully saturated rings. The Balaban J connectivity index is 1.88. The molecular formula is C21H20BrFN2O2. The fourth-order valence-corrected chi connectivity index (χ4v) is 3.58. The van der Waals surface area contributed by atoms with E-state index < -0.39 is 0 Å². The van der Waals surface area contributed by atoms with Crippen LogP contribution in [-0.4, -0.2) is 22.4 Å². The average molecular weight is 431 g/mol. The second-order valence-electron chi connectivity index (χ2n) is 6.35. The smallest absolute Gasteiger partial charge is 0.338 e. The van der Waals surface area contributed by atoms with Crippen LogP contribution in [0.2, 0.25) is 0 Å². The third-order valence-electron chi connectivity index (χ3n) is 4.26. The number of hydrogen-bond acceptors (Lipinski definition) is 3. The summed E-state index contributed by atoms with van der Waals surface area (Å²) in [5.74, 6) is -0.593. The topological polar surface area (TPSA) is 44.1 Å². The molecule has 3 rings (SSSR count). The fraction of sp³-hybridized carbons (Fsp3) is 0.238. The van der Waals surface area contributed by atoms with Crippen LogP contribution in [-0.2, 0) is 18.2 Å². The van der Waals surface area contributed by atoms with Gasteiger partial charge in [0.25, 0.3) is 0 Å². The van der Waals surface area contributed by atoms with Crippen LogP contribution in [0, 0.1) is 12.7 Å². The van der Waals surface area contributed by atoms with E-state index in [0.717, 1.165) is 28.1 Å². The monoisotopic (exact) mass is 430 g/mol. The van der Waals surface area contributed by atoms with E-state index >= 15 is 0 Å². The van der Waals surface area contributed by atoms with E-state index in [-0.39, 0.29) is 11.8 Å². The van der Waals surface area contributed by atoms with E-state index in [1.807, 2.05) is 38.2 Å². The Morgan fingerprint density at radius 2 is 2.00 bits per heavy atom. The van der Waals surface area contributed by atoms with Crippen molar-refractivity contribution >= 4 is 21.9 Å². The summed E-state index contributed by atoms with van der Waals surface area (Å²) in [6, 6.07) is 12.4. The second-order valence-corrected chi connectivity index (χ2v) is 7.26. The molecule has 140 valence electrons. The zero-order valence-electron chi connectivity index (χ0n) is 15.4. The molecule has 6 heteroatoms. The maximum Gasteiger partial charge on any atom is 0.338 e. The molecular weight excluding hydrogens is 411 g/mol. The standard InChI is InChI=1S/C21H20BrFN2O2/c1-4-27-21(26)19-6-5-15(7-13(19)2)20-12-18(24-25(20)3)10-14-8-16(22)11-17(23)9-14/h5-9,11-12H,4,10H2,1-3H3. The van der Waals surface area contributed by atoms with Gasteiger partial charge in [-0.3, -0.25) is 4.68 Å². The number of esters is 1. The van der Waals surface area contributed by atoms with Crippen LogP contribution in [0.4, 0.5) is 4.39 Å². The van der Waals surface area contributed by atoms with Crippen LogP contribution in [0.5, 0.6) is 0 Å². The molecule has 0 N–H and O–H groups in total. The van der Waals surface area contributed by atoms with Crippen LogP contribution in [0.15, 0.2) is 46.9 Å². The quantitative estimate of drug-likeness (QED) is 0.531. The van der Waals surface area contributed by atoms with Crippen LogP contribution in [0.25, 0.3) is 11.3 Å². The number of aromatic nitrogens is 2. The second kappa shape index (κ2) is 8.05. The molecule has 0 saturated carbocycles. The minimum Gasteiger partial charge on any atom is -0.462 e. The number of ether oxygens (including phenoxy) is 1. The van der Waals surface area contributed by atoms with Crippen molar-refractivity contribution in [3.63, 3.8) is 0 Å². The summed E-state index contributed by atoms with van der Waals surface area (Å²) in [4.78, 5) is 12.0. The zero-order chi connectivity index (χ0) is 19.6. The summed E-state index contributed by atoms with van der Waals surface area (Å²) in [7, 11) is 1.87. The van der Waals surface area contributed by atoms with E-state index in [0.29, 0.717) is 23.1 Å². The minimum atomic E-state index is -0.316. The highest BCUT2D eigenvalue weighted by Crippen LogP contribution is 2.25. The summed E-state index contributed by atoms with van der Waals surface area (Å²) in [6.45, 7) is 4.02. The van der Waals surface area contributed by atoms with Crippen LogP contribution < -0.4 is 0 Å². The Hall–Kier alpha value is -2.47. The Bertz CT molecular complexity index is 978. The Labute approximate surface area is 166 Å². The number of rotatable bonds is 5. The number of carbonyl (C=O) groups is 1. The van der Waals surface area contributed by atoms with Crippen LogP contribution in [0.1, 0.15) is 34.1 Å². The number of nitrogens with zero attached hydrogens (tertiary/aromatic N) is 2. The summed E-state index contributed by atoms with van der Waals surface area (Å²) in [5, 5.41) is 4.55. The maximum absolute atomic E-state index is 13.6. The van der Waals surface area contributed by atoms with Crippen LogP contribution >= 0.6 is 15.9 Å². The van der Waals surface area contributed by atoms with Crippen molar-refractivity contribution < 1.29 is 13.9 Å². The van der Waals surface area contributed by atoms with Gasteiger partial charge in [0.05, 0.1) is 23.6 Å². The zero-order valence-corrected chi connectivity index (χ0v) is 17.0. The molecule has 0 atom stereocenters. The van der Waals surface area contributed by atoms with Crippen LogP contribution in [0.3, 0.4) is 0 Å². The van der Waals surface area contributed by atoms with Gasteiger partial charge in [0.2, 0.25) is 0 Å². The highest BCUT2D eigenvalue weighted by atomic mass is 79.9. The summed E-state index contributed by atoms with van der Waals surface area (Å²) in [5.41, 5.74) is 4.99. The van der Waals surface area contributed by atoms with Gasteiger partial charge < -0.3 is 4.74 Å². The lowest BCUT2D eigenvalue weighted by Gasteiger charge is -2.08. The molecule has 2 aromatic carbocycles. The van der Waals surface area contributed by atoms with Crippen molar-refractivity contribution in [1.29, 1.82) is 0 Å². The first-order chi connectivity index (χ1) is 12.9. The van der Waals surface area contributed by atoms with Crippen molar-refractivity contribution in [1.82, 2.24) is 9.78 Å². The summed E-state index contributed by atoms with van der Waals surface area (Å²) < 4.78 is 21.2. The van der Waals surface area contributed by atoms with Gasteiger partial charge in [-0.15, -0.1) is 0 Å². The van der Waals surface area contributed by atoms with Crippen molar-refractivity contribution in [3.05, 3.63) is 75.1 Å². The molecule has 0 radical (unpaired) electrons. The lowest BCUT2D eigenvalue weighted by Crippen LogP contribution is -2.06. The minimum absolute atomic E-state index is 0.277. The van der Waals surface area contributed by atoms with E-state index in [2.05, 4.69) is 21.0 Å². The normalized spacial score (nSPS) is 10.9. The van der Waals surface area contributed by atoms with Gasteiger partial charge in [0.15, 0.2) is 0 Å². The summed E-state index contributed by atoms with van der Waals surface area (Å²) >= 11 is 3.32. The number of benzene rings is 2. The Morgan fingerprint density at radius 1 is 1.22 bits per heavy atom.